The van der Waals surface area contributed by atoms with Gasteiger partial charge in [-0.15, -0.1) is 0 Å². The summed E-state index contributed by atoms with van der Waals surface area (Å²) < 4.78 is 62.3. The maximum atomic E-state index is 11.9. The Morgan fingerprint density at radius 3 is 2.47 bits per heavy atom. The molecule has 0 saturated carbocycles. The van der Waals surface area contributed by atoms with Gasteiger partial charge in [-0.3, -0.25) is 0 Å². The molecule has 0 aliphatic rings. The number of nitrogens with zero attached hydrogens (tertiary/aromatic N) is 1. The number of hydrogen-bond donors (Lipinski definition) is 0. The lowest BCUT2D eigenvalue weighted by Crippen LogP contribution is -2.19. The van der Waals surface area contributed by atoms with E-state index in [1.54, 1.807) is 6.92 Å². The minimum Gasteiger partial charge on any atom is -0.472 e. The number of rotatable bonds is 4. The van der Waals surface area contributed by atoms with Crippen molar-refractivity contribution in [2.75, 3.05) is 6.61 Å². The van der Waals surface area contributed by atoms with E-state index >= 15 is 0 Å². The number of thiazole rings is 1. The molecule has 0 fully saturated rings. The summed E-state index contributed by atoms with van der Waals surface area (Å²) >= 11 is 0.730. The Bertz CT molecular complexity index is 497. The summed E-state index contributed by atoms with van der Waals surface area (Å²) in [5.41, 5.74) is 0. The normalized spacial score (nSPS) is 12.8. The maximum absolute atomic E-state index is 11.9. The summed E-state index contributed by atoms with van der Waals surface area (Å²) in [6, 6.07) is 0. The van der Waals surface area contributed by atoms with Gasteiger partial charge in [0.2, 0.25) is 10.1 Å². The summed E-state index contributed by atoms with van der Waals surface area (Å²) in [4.78, 5) is 3.61. The van der Waals surface area contributed by atoms with Gasteiger partial charge >= 0.3 is 6.18 Å². The van der Waals surface area contributed by atoms with Gasteiger partial charge in [0.15, 0.2) is 6.61 Å². The Kier molecular flexibility index (Phi) is 4.26. The lowest BCUT2D eigenvalue weighted by Gasteiger charge is -2.07. The first-order chi connectivity index (χ1) is 7.63. The Morgan fingerprint density at radius 1 is 1.47 bits per heavy atom. The second-order valence-corrected chi connectivity index (χ2v) is 6.42. The van der Waals surface area contributed by atoms with E-state index in [4.69, 9.17) is 10.7 Å². The Labute approximate surface area is 104 Å². The van der Waals surface area contributed by atoms with Gasteiger partial charge in [0.1, 0.15) is 0 Å². The van der Waals surface area contributed by atoms with Crippen molar-refractivity contribution < 1.29 is 26.3 Å². The molecule has 0 spiro atoms. The van der Waals surface area contributed by atoms with Crippen molar-refractivity contribution in [2.45, 2.75) is 24.5 Å². The molecule has 10 heteroatoms. The maximum Gasteiger partial charge on any atom is 0.422 e. The average Bonchev–Trinajstić information content (AvgIpc) is 2.56. The molecule has 0 aliphatic carbocycles. The molecule has 98 valence electrons. The number of ether oxygens (including phenoxy) is 1. The Balaban J connectivity index is 3.02. The van der Waals surface area contributed by atoms with Crippen molar-refractivity contribution in [3.63, 3.8) is 0 Å². The van der Waals surface area contributed by atoms with Crippen LogP contribution in [0.15, 0.2) is 5.03 Å². The SMILES string of the molecule is CCc1nc(S(=O)(=O)Cl)c(OCC(F)(F)F)s1. The zero-order chi connectivity index (χ0) is 13.3. The van der Waals surface area contributed by atoms with Crippen LogP contribution in [0.25, 0.3) is 0 Å². The highest BCUT2D eigenvalue weighted by atomic mass is 35.7. The van der Waals surface area contributed by atoms with Crippen molar-refractivity contribution >= 4 is 31.1 Å². The second-order valence-electron chi connectivity index (χ2n) is 2.90. The lowest BCUT2D eigenvalue weighted by molar-refractivity contribution is -0.153. The monoisotopic (exact) mass is 309 g/mol. The van der Waals surface area contributed by atoms with Gasteiger partial charge in [-0.05, 0) is 6.42 Å². The third-order valence-corrected chi connectivity index (χ3v) is 3.93. The fourth-order valence-corrected chi connectivity index (χ4v) is 3.06. The molecule has 0 unspecified atom stereocenters. The molecule has 0 amide bonds. The van der Waals surface area contributed by atoms with Crippen LogP contribution in [0.2, 0.25) is 0 Å². The quantitative estimate of drug-likeness (QED) is 0.802. The minimum atomic E-state index is -4.55. The van der Waals surface area contributed by atoms with Gasteiger partial charge in [0, 0.05) is 10.7 Å². The van der Waals surface area contributed by atoms with Crippen LogP contribution in [-0.2, 0) is 15.5 Å². The number of aryl methyl sites for hydroxylation is 1. The average molecular weight is 310 g/mol. The van der Waals surface area contributed by atoms with E-state index in [0.717, 1.165) is 11.3 Å². The van der Waals surface area contributed by atoms with Crippen LogP contribution < -0.4 is 4.74 Å². The first-order valence-electron chi connectivity index (χ1n) is 4.27. The third kappa shape index (κ3) is 4.32. The van der Waals surface area contributed by atoms with Crippen molar-refractivity contribution in [1.82, 2.24) is 4.98 Å². The van der Waals surface area contributed by atoms with Crippen LogP contribution in [0.3, 0.4) is 0 Å². The molecule has 0 N–H and O–H groups in total. The summed E-state index contributed by atoms with van der Waals surface area (Å²) in [5, 5.41) is -0.763. The lowest BCUT2D eigenvalue weighted by atomic mass is 10.5. The largest absolute Gasteiger partial charge is 0.472 e. The first kappa shape index (κ1) is 14.5. The summed E-state index contributed by atoms with van der Waals surface area (Å²) in [6.07, 6.45) is -4.18. The minimum absolute atomic E-state index is 0.335. The molecule has 1 heterocycles. The van der Waals surface area contributed by atoms with E-state index in [2.05, 4.69) is 9.72 Å². The third-order valence-electron chi connectivity index (χ3n) is 1.51. The van der Waals surface area contributed by atoms with E-state index < -0.39 is 31.9 Å². The highest BCUT2D eigenvalue weighted by Crippen LogP contribution is 2.34. The number of aromatic nitrogens is 1. The highest BCUT2D eigenvalue weighted by Gasteiger charge is 2.31. The van der Waals surface area contributed by atoms with Gasteiger partial charge in [-0.2, -0.15) is 13.2 Å². The summed E-state index contributed by atoms with van der Waals surface area (Å²) in [7, 11) is 0.828. The van der Waals surface area contributed by atoms with Crippen LogP contribution in [-0.4, -0.2) is 26.2 Å². The van der Waals surface area contributed by atoms with E-state index in [9.17, 15) is 21.6 Å². The van der Waals surface area contributed by atoms with Crippen LogP contribution in [0.5, 0.6) is 5.06 Å². The van der Waals surface area contributed by atoms with E-state index in [-0.39, 0.29) is 0 Å². The van der Waals surface area contributed by atoms with Gasteiger partial charge in [0.05, 0.1) is 5.01 Å². The van der Waals surface area contributed by atoms with Gasteiger partial charge in [0.25, 0.3) is 9.05 Å². The van der Waals surface area contributed by atoms with Crippen LogP contribution in [0.4, 0.5) is 13.2 Å². The zero-order valence-corrected chi connectivity index (χ0v) is 10.8. The number of alkyl halides is 3. The van der Waals surface area contributed by atoms with Crippen molar-refractivity contribution in [2.24, 2.45) is 0 Å². The van der Waals surface area contributed by atoms with Gasteiger partial charge in [-0.1, -0.05) is 18.3 Å². The summed E-state index contributed by atoms with van der Waals surface area (Å²) in [5.74, 6) is 0. The Morgan fingerprint density at radius 2 is 2.06 bits per heavy atom. The van der Waals surface area contributed by atoms with Crippen LogP contribution in [0, 0.1) is 0 Å². The molecule has 0 saturated heterocycles. The highest BCUT2D eigenvalue weighted by molar-refractivity contribution is 8.13. The summed E-state index contributed by atoms with van der Waals surface area (Å²) in [6.45, 7) is 0.0920. The molecule has 17 heavy (non-hydrogen) atoms. The van der Waals surface area contributed by atoms with E-state index in [0.29, 0.717) is 11.4 Å². The van der Waals surface area contributed by atoms with E-state index in [1.165, 1.54) is 0 Å². The number of hydrogen-bond acceptors (Lipinski definition) is 5. The molecule has 0 radical (unpaired) electrons. The molecular formula is C7H7ClF3NO3S2. The fourth-order valence-electron chi connectivity index (χ4n) is 0.876. The molecule has 1 rings (SSSR count). The molecule has 1 aromatic rings. The van der Waals surface area contributed by atoms with Gasteiger partial charge < -0.3 is 4.74 Å². The van der Waals surface area contributed by atoms with Crippen molar-refractivity contribution in [1.29, 1.82) is 0 Å². The van der Waals surface area contributed by atoms with Crippen molar-refractivity contribution in [3.8, 4) is 5.06 Å². The molecule has 0 bridgehead atoms. The fraction of sp³-hybridized carbons (Fsp3) is 0.571. The Hall–Kier alpha value is -0.540. The molecule has 4 nitrogen and oxygen atoms in total. The second kappa shape index (κ2) is 4.99. The molecule has 0 atom stereocenters. The van der Waals surface area contributed by atoms with E-state index in [1.807, 2.05) is 0 Å². The molecule has 1 aromatic heterocycles. The first-order valence-corrected chi connectivity index (χ1v) is 7.40. The smallest absolute Gasteiger partial charge is 0.422 e. The molecule has 0 aliphatic heterocycles. The zero-order valence-electron chi connectivity index (χ0n) is 8.41. The number of halogens is 4. The molecule has 0 aromatic carbocycles. The van der Waals surface area contributed by atoms with Crippen LogP contribution >= 0.6 is 22.0 Å². The van der Waals surface area contributed by atoms with Crippen LogP contribution in [0.1, 0.15) is 11.9 Å². The predicted molar refractivity (Wildman–Crippen MR) is 56.1 cm³/mol. The predicted octanol–water partition coefficient (Wildman–Crippen LogP) is 2.57. The van der Waals surface area contributed by atoms with Gasteiger partial charge in [-0.25, -0.2) is 13.4 Å². The topological polar surface area (TPSA) is 56.3 Å². The molecular weight excluding hydrogens is 303 g/mol. The standard InChI is InChI=1S/C7H7ClF3NO3S2/c1-2-4-12-5(17(8,13)14)6(16-4)15-3-7(9,10)11/h2-3H2,1H3. The van der Waals surface area contributed by atoms with Crippen molar-refractivity contribution in [3.05, 3.63) is 5.01 Å².